The van der Waals surface area contributed by atoms with Gasteiger partial charge in [0.2, 0.25) is 5.95 Å². The van der Waals surface area contributed by atoms with Crippen LogP contribution in [0.3, 0.4) is 0 Å². The van der Waals surface area contributed by atoms with Gasteiger partial charge in [0.05, 0.1) is 33.3 Å². The fourth-order valence-electron chi connectivity index (χ4n) is 11.3. The second-order valence-electron chi connectivity index (χ2n) is 18.9. The van der Waals surface area contributed by atoms with Gasteiger partial charge in [-0.25, -0.2) is 9.97 Å². The first-order valence-electron chi connectivity index (χ1n) is 25.1. The maximum atomic E-state index is 5.73. The van der Waals surface area contributed by atoms with Crippen molar-refractivity contribution in [1.82, 2.24) is 19.1 Å². The van der Waals surface area contributed by atoms with E-state index in [0.29, 0.717) is 5.95 Å². The SMILES string of the molecule is c1ccc(-c2cc3ccc4nc(-n5c6ccc(-c7ccc8c(c7)c7ccccc7n8-c7ccccc7)cc6c6c7ccccc7ccc65)nc(-c5ccc(N(c6ccccc6)c6ccccc6)cc5)c4c3s2)cc1. The molecule has 0 aliphatic heterocycles. The summed E-state index contributed by atoms with van der Waals surface area (Å²) < 4.78 is 5.83. The number of hydrogen-bond donors (Lipinski definition) is 0. The molecule has 0 N–H and O–H groups in total. The quantitative estimate of drug-likeness (QED) is 0.152. The zero-order chi connectivity index (χ0) is 48.7. The third-order valence-corrected chi connectivity index (χ3v) is 15.9. The molecule has 0 radical (unpaired) electrons. The first-order chi connectivity index (χ1) is 36.7. The van der Waals surface area contributed by atoms with Crippen molar-refractivity contribution in [1.29, 1.82) is 0 Å². The minimum atomic E-state index is 0.629. The van der Waals surface area contributed by atoms with Gasteiger partial charge in [-0.3, -0.25) is 4.57 Å². The van der Waals surface area contributed by atoms with Crippen molar-refractivity contribution in [2.75, 3.05) is 4.90 Å². The molecule has 6 heteroatoms. The topological polar surface area (TPSA) is 38.9 Å². The number of hydrogen-bond acceptors (Lipinski definition) is 4. The Morgan fingerprint density at radius 2 is 0.892 bits per heavy atom. The summed E-state index contributed by atoms with van der Waals surface area (Å²) in [6.07, 6.45) is 0. The zero-order valence-electron chi connectivity index (χ0n) is 40.0. The number of aromatic nitrogens is 4. The molecule has 0 bridgehead atoms. The van der Waals surface area contributed by atoms with Crippen molar-refractivity contribution < 1.29 is 0 Å². The molecule has 11 aromatic carbocycles. The van der Waals surface area contributed by atoms with Gasteiger partial charge in [0.1, 0.15) is 0 Å². The standard InChI is InChI=1S/C68H43N5S/c1-5-18-45(19-6-1)63-43-49-31-37-58-65(67(49)74-63)66(46-29-35-53(36-30-46)71(50-20-7-2-8-21-50)51-22-9-3-10-23-51)70-68(69-58)73-61-39-34-48(42-57(61)64-54-26-14-13-17-44(54)32-40-62(64)73)47-33-38-60-56(41-47)55-27-15-16-28-59(55)72(60)52-24-11-4-12-25-52/h1-43H. The minimum Gasteiger partial charge on any atom is -0.311 e. The number of fused-ring (bicyclic) bond motifs is 11. The summed E-state index contributed by atoms with van der Waals surface area (Å²) in [6.45, 7) is 0. The van der Waals surface area contributed by atoms with Gasteiger partial charge in [-0.15, -0.1) is 11.3 Å². The van der Waals surface area contributed by atoms with Crippen LogP contribution in [-0.2, 0) is 0 Å². The van der Waals surface area contributed by atoms with Crippen LogP contribution in [0, 0.1) is 0 Å². The van der Waals surface area contributed by atoms with E-state index in [1.54, 1.807) is 11.3 Å². The summed E-state index contributed by atoms with van der Waals surface area (Å²) in [4.78, 5) is 14.8. The molecular weight excluding hydrogens is 919 g/mol. The summed E-state index contributed by atoms with van der Waals surface area (Å²) in [5, 5.41) is 9.40. The largest absolute Gasteiger partial charge is 0.311 e. The Kier molecular flexibility index (Phi) is 9.68. The Labute approximate surface area is 430 Å². The molecule has 4 heterocycles. The number of nitrogens with zero attached hydrogens (tertiary/aromatic N) is 5. The Balaban J connectivity index is 0.947. The normalized spacial score (nSPS) is 11.8. The molecule has 15 aromatic rings. The van der Waals surface area contributed by atoms with Crippen LogP contribution in [0.5, 0.6) is 0 Å². The number of thiophene rings is 1. The fraction of sp³-hybridized carbons (Fsp3) is 0. The molecule has 0 atom stereocenters. The van der Waals surface area contributed by atoms with E-state index >= 15 is 0 Å². The molecule has 0 amide bonds. The number of anilines is 3. The number of benzene rings is 11. The summed E-state index contributed by atoms with van der Waals surface area (Å²) in [5.41, 5.74) is 15.2. The third kappa shape index (κ3) is 6.77. The van der Waals surface area contributed by atoms with Crippen LogP contribution in [0.2, 0.25) is 0 Å². The molecule has 0 spiro atoms. The van der Waals surface area contributed by atoms with Gasteiger partial charge in [0, 0.05) is 64.8 Å². The van der Waals surface area contributed by atoms with Crippen LogP contribution in [0.15, 0.2) is 261 Å². The van der Waals surface area contributed by atoms with Crippen LogP contribution in [0.1, 0.15) is 0 Å². The van der Waals surface area contributed by atoms with Gasteiger partial charge in [-0.1, -0.05) is 164 Å². The molecular formula is C68H43N5S. The molecule has 0 fully saturated rings. The van der Waals surface area contributed by atoms with E-state index in [1.165, 1.54) is 58.5 Å². The van der Waals surface area contributed by atoms with Crippen molar-refractivity contribution in [2.24, 2.45) is 0 Å². The average molecular weight is 962 g/mol. The van der Waals surface area contributed by atoms with Gasteiger partial charge in [0.15, 0.2) is 0 Å². The van der Waals surface area contributed by atoms with Gasteiger partial charge in [-0.05, 0) is 130 Å². The van der Waals surface area contributed by atoms with E-state index in [-0.39, 0.29) is 0 Å². The van der Waals surface area contributed by atoms with Crippen LogP contribution in [0.4, 0.5) is 17.1 Å². The fourth-order valence-corrected chi connectivity index (χ4v) is 12.5. The van der Waals surface area contributed by atoms with Crippen molar-refractivity contribution in [3.05, 3.63) is 261 Å². The first kappa shape index (κ1) is 42.1. The summed E-state index contributed by atoms with van der Waals surface area (Å²) in [7, 11) is 0. The Hall–Kier alpha value is -9.62. The van der Waals surface area contributed by atoms with E-state index < -0.39 is 0 Å². The molecule has 4 aromatic heterocycles. The van der Waals surface area contributed by atoms with Crippen LogP contribution >= 0.6 is 11.3 Å². The minimum absolute atomic E-state index is 0.629. The van der Waals surface area contributed by atoms with E-state index in [2.05, 4.69) is 275 Å². The Morgan fingerprint density at radius 1 is 0.338 bits per heavy atom. The molecule has 0 unspecified atom stereocenters. The second kappa shape index (κ2) is 17.0. The molecule has 15 rings (SSSR count). The predicted octanol–water partition coefficient (Wildman–Crippen LogP) is 18.7. The maximum Gasteiger partial charge on any atom is 0.235 e. The predicted molar refractivity (Wildman–Crippen MR) is 312 cm³/mol. The number of para-hydroxylation sites is 4. The van der Waals surface area contributed by atoms with Crippen molar-refractivity contribution in [3.63, 3.8) is 0 Å². The van der Waals surface area contributed by atoms with Crippen molar-refractivity contribution in [2.45, 2.75) is 0 Å². The van der Waals surface area contributed by atoms with Gasteiger partial charge < -0.3 is 9.47 Å². The van der Waals surface area contributed by atoms with Gasteiger partial charge >= 0.3 is 0 Å². The maximum absolute atomic E-state index is 5.73. The summed E-state index contributed by atoms with van der Waals surface area (Å²) >= 11 is 1.81. The molecule has 74 heavy (non-hydrogen) atoms. The van der Waals surface area contributed by atoms with E-state index in [0.717, 1.165) is 72.5 Å². The first-order valence-corrected chi connectivity index (χ1v) is 25.9. The highest BCUT2D eigenvalue weighted by Crippen LogP contribution is 2.45. The molecule has 346 valence electrons. The summed E-state index contributed by atoms with van der Waals surface area (Å²) in [5.74, 6) is 0.629. The highest BCUT2D eigenvalue weighted by atomic mass is 32.1. The highest BCUT2D eigenvalue weighted by molar-refractivity contribution is 7.23. The molecule has 0 aliphatic carbocycles. The highest BCUT2D eigenvalue weighted by Gasteiger charge is 2.23. The Morgan fingerprint density at radius 3 is 1.62 bits per heavy atom. The third-order valence-electron chi connectivity index (χ3n) is 14.7. The van der Waals surface area contributed by atoms with Crippen molar-refractivity contribution >= 4 is 104 Å². The van der Waals surface area contributed by atoms with Crippen LogP contribution in [-0.4, -0.2) is 19.1 Å². The molecule has 0 saturated carbocycles. The monoisotopic (exact) mass is 961 g/mol. The average Bonchev–Trinajstić information content (AvgIpc) is 4.18. The lowest BCUT2D eigenvalue weighted by atomic mass is 9.99. The van der Waals surface area contributed by atoms with Gasteiger partial charge in [0.25, 0.3) is 0 Å². The van der Waals surface area contributed by atoms with Gasteiger partial charge in [-0.2, -0.15) is 0 Å². The van der Waals surface area contributed by atoms with Crippen LogP contribution in [0.25, 0.3) is 120 Å². The summed E-state index contributed by atoms with van der Waals surface area (Å²) in [6, 6.07) is 93.8. The number of rotatable bonds is 8. The molecule has 5 nitrogen and oxygen atoms in total. The second-order valence-corrected chi connectivity index (χ2v) is 20.0. The zero-order valence-corrected chi connectivity index (χ0v) is 40.8. The smallest absolute Gasteiger partial charge is 0.235 e. The lowest BCUT2D eigenvalue weighted by Crippen LogP contribution is -2.09. The van der Waals surface area contributed by atoms with E-state index in [9.17, 15) is 0 Å². The van der Waals surface area contributed by atoms with Crippen LogP contribution < -0.4 is 4.90 Å². The Bertz CT molecular complexity index is 4600. The lowest BCUT2D eigenvalue weighted by molar-refractivity contribution is 1.01. The lowest BCUT2D eigenvalue weighted by Gasteiger charge is -2.25. The molecule has 0 aliphatic rings. The van der Waals surface area contributed by atoms with E-state index in [4.69, 9.17) is 9.97 Å². The van der Waals surface area contributed by atoms with E-state index in [1.807, 2.05) is 0 Å². The molecule has 0 saturated heterocycles. The van der Waals surface area contributed by atoms with Crippen molar-refractivity contribution in [3.8, 4) is 44.5 Å².